The summed E-state index contributed by atoms with van der Waals surface area (Å²) in [5.41, 5.74) is 2.00. The smallest absolute Gasteiger partial charge is 0.396 e. The van der Waals surface area contributed by atoms with Crippen LogP contribution in [-0.2, 0) is 156 Å². The second kappa shape index (κ2) is 57.3. The highest BCUT2D eigenvalue weighted by molar-refractivity contribution is 7.47. The van der Waals surface area contributed by atoms with Crippen LogP contribution in [0.1, 0.15) is 108 Å². The average molecular weight is 1930 g/mol. The Morgan fingerprint density at radius 3 is 1.18 bits per heavy atom. The van der Waals surface area contributed by atoms with Gasteiger partial charge in [-0.15, -0.1) is 20.4 Å². The van der Waals surface area contributed by atoms with Crippen LogP contribution in [0.5, 0.6) is 0 Å². The maximum Gasteiger partial charge on any atom is 0.472 e. The fourth-order valence-electron chi connectivity index (χ4n) is 15.4. The van der Waals surface area contributed by atoms with Crippen LogP contribution in [0.4, 0.5) is 0 Å². The van der Waals surface area contributed by atoms with Crippen LogP contribution in [0, 0.1) is 0 Å². The molecule has 2 unspecified atom stereocenters. The Morgan fingerprint density at radius 2 is 0.820 bits per heavy atom. The molecule has 5 fully saturated rings. The minimum Gasteiger partial charge on any atom is -0.396 e. The lowest BCUT2D eigenvalue weighted by molar-refractivity contribution is -0.272. The maximum atomic E-state index is 15.2. The minimum atomic E-state index is -4.46. The SMILES string of the molecule is CO[C@H]1OCCC1OP(=O)(O)OCCCCCCNC(=O)[C@H](CCCCN(Cc1cn(CCOCCO[C@@H]2O[C@H](CO)[C@H](O)[C@H](O)[C@H]2NC(C)=O)nn1)Cc1cn(CCOCCO[C@@H]2O[C@H](CCO)[C@H](O)[C@H](O)[C@H]2NC(C)=O)nn1)N(Cc1cn(CCOCCO[C@@H]2O[C@H](CO)[C@H](O)[C@H](O)[C@H]2NC(C)=O)nn1)Cc1cn(CCOCCO[C@@H]2O[C@H](CO)[C@H](O)[C@H](O)[C@H]2NC(C)=O)nn1. The number of phosphoric ester groups is 1. The van der Waals surface area contributed by atoms with Crippen molar-refractivity contribution in [3.05, 3.63) is 47.6 Å². The lowest BCUT2D eigenvalue weighted by Gasteiger charge is -2.42. The Kier molecular flexibility index (Phi) is 47.2. The summed E-state index contributed by atoms with van der Waals surface area (Å²) < 4.78 is 110. The zero-order chi connectivity index (χ0) is 95.9. The van der Waals surface area contributed by atoms with Crippen molar-refractivity contribution in [2.24, 2.45) is 0 Å². The van der Waals surface area contributed by atoms with Crippen molar-refractivity contribution in [3.8, 4) is 0 Å². The van der Waals surface area contributed by atoms with Gasteiger partial charge in [0.25, 0.3) is 0 Å². The molecule has 9 heterocycles. The molecule has 0 aliphatic carbocycles. The number of carbonyl (C=O) groups excluding carboxylic acids is 5. The van der Waals surface area contributed by atoms with Gasteiger partial charge in [0, 0.05) is 105 Å². The molecule has 5 amide bonds. The van der Waals surface area contributed by atoms with E-state index in [-0.39, 0.29) is 177 Å². The van der Waals surface area contributed by atoms with Crippen LogP contribution >= 0.6 is 7.82 Å². The molecular formula is C78H134N19O35P. The number of nitrogens with zero attached hydrogens (tertiary/aromatic N) is 14. The number of nitrogens with one attached hydrogen (secondary N) is 5. The number of hydrogen-bond donors (Lipinski definition) is 18. The Hall–Kier alpha value is -7.10. The van der Waals surface area contributed by atoms with Gasteiger partial charge in [-0.05, 0) is 38.6 Å². The lowest BCUT2D eigenvalue weighted by Crippen LogP contribution is -2.64. The number of carbonyl (C=O) groups is 5. The van der Waals surface area contributed by atoms with Crippen LogP contribution < -0.4 is 26.6 Å². The maximum absolute atomic E-state index is 15.2. The van der Waals surface area contributed by atoms with Crippen molar-refractivity contribution in [1.29, 1.82) is 0 Å². The molecule has 5 aliphatic rings. The summed E-state index contributed by atoms with van der Waals surface area (Å²) in [6, 6.07) is -5.47. The first-order valence-electron chi connectivity index (χ1n) is 44.4. The molecule has 0 bridgehead atoms. The van der Waals surface area contributed by atoms with Crippen molar-refractivity contribution < 1.29 is 170 Å². The van der Waals surface area contributed by atoms with E-state index in [0.717, 1.165) is 0 Å². The van der Waals surface area contributed by atoms with Crippen LogP contribution in [0.2, 0.25) is 0 Å². The van der Waals surface area contributed by atoms with E-state index in [0.29, 0.717) is 74.3 Å². The van der Waals surface area contributed by atoms with E-state index in [9.17, 15) is 89.9 Å². The van der Waals surface area contributed by atoms with Crippen molar-refractivity contribution in [2.45, 2.75) is 279 Å². The molecule has 0 radical (unpaired) electrons. The lowest BCUT2D eigenvalue weighted by atomic mass is 9.95. The summed E-state index contributed by atoms with van der Waals surface area (Å²) >= 11 is 0. The zero-order valence-corrected chi connectivity index (χ0v) is 76.1. The number of aromatic nitrogens is 12. The van der Waals surface area contributed by atoms with E-state index in [1.54, 1.807) is 43.5 Å². The second-order valence-corrected chi connectivity index (χ2v) is 33.8. The molecule has 0 spiro atoms. The molecule has 24 atom stereocenters. The number of amides is 5. The van der Waals surface area contributed by atoms with Crippen molar-refractivity contribution in [1.82, 2.24) is 96.4 Å². The minimum absolute atomic E-state index is 0.000101. The molecule has 756 valence electrons. The van der Waals surface area contributed by atoms with E-state index in [1.165, 1.54) is 34.8 Å². The van der Waals surface area contributed by atoms with Gasteiger partial charge in [0.1, 0.15) is 97.4 Å². The van der Waals surface area contributed by atoms with Crippen molar-refractivity contribution in [3.63, 3.8) is 0 Å². The highest BCUT2D eigenvalue weighted by Gasteiger charge is 2.50. The number of methoxy groups -OCH3 is 1. The molecule has 133 heavy (non-hydrogen) atoms. The molecular weight excluding hydrogens is 1790 g/mol. The molecule has 18 N–H and O–H groups in total. The molecule has 5 aliphatic heterocycles. The molecule has 5 saturated heterocycles. The summed E-state index contributed by atoms with van der Waals surface area (Å²) in [5, 5.41) is 173. The highest BCUT2D eigenvalue weighted by atomic mass is 31.2. The Bertz CT molecular complexity index is 3980. The number of aliphatic hydroxyl groups is 12. The quantitative estimate of drug-likeness (QED) is 0.0144. The van der Waals surface area contributed by atoms with Gasteiger partial charge in [0.15, 0.2) is 31.5 Å². The number of ether oxygens (including phenoxy) is 14. The first-order valence-corrected chi connectivity index (χ1v) is 45.9. The number of phosphoric acid groups is 1. The largest absolute Gasteiger partial charge is 0.472 e. The van der Waals surface area contributed by atoms with Gasteiger partial charge < -0.3 is 159 Å². The molecule has 54 nitrogen and oxygen atoms in total. The third-order valence-corrected chi connectivity index (χ3v) is 23.1. The molecule has 55 heteroatoms. The highest BCUT2D eigenvalue weighted by Crippen LogP contribution is 2.47. The van der Waals surface area contributed by atoms with E-state index >= 15 is 4.79 Å². The topological polar surface area (TPSA) is 703 Å². The summed E-state index contributed by atoms with van der Waals surface area (Å²) in [5.74, 6) is -2.39. The van der Waals surface area contributed by atoms with Crippen LogP contribution in [0.25, 0.3) is 0 Å². The Morgan fingerprint density at radius 1 is 0.459 bits per heavy atom. The van der Waals surface area contributed by atoms with Gasteiger partial charge >= 0.3 is 7.82 Å². The van der Waals surface area contributed by atoms with Crippen molar-refractivity contribution >= 4 is 37.4 Å². The molecule has 0 aromatic carbocycles. The van der Waals surface area contributed by atoms with E-state index in [2.05, 4.69) is 72.7 Å². The van der Waals surface area contributed by atoms with Crippen LogP contribution in [0.3, 0.4) is 0 Å². The monoisotopic (exact) mass is 1930 g/mol. The predicted molar refractivity (Wildman–Crippen MR) is 448 cm³/mol. The van der Waals surface area contributed by atoms with Gasteiger partial charge in [-0.25, -0.2) is 23.3 Å². The molecule has 0 saturated carbocycles. The molecule has 9 rings (SSSR count). The van der Waals surface area contributed by atoms with E-state index < -0.39 is 192 Å². The Balaban J connectivity index is 0.895. The average Bonchev–Trinajstić information content (AvgIpc) is 1.31. The number of aliphatic hydroxyl groups excluding tert-OH is 12. The Labute approximate surface area is 766 Å². The molecule has 4 aromatic heterocycles. The van der Waals surface area contributed by atoms with Crippen LogP contribution in [-0.4, -0.2) is 446 Å². The summed E-state index contributed by atoms with van der Waals surface area (Å²) in [4.78, 5) is 77.8. The molecule has 4 aromatic rings. The van der Waals surface area contributed by atoms with Gasteiger partial charge in [-0.1, -0.05) is 40.1 Å². The summed E-state index contributed by atoms with van der Waals surface area (Å²) in [7, 11) is -3.06. The fraction of sp³-hybridized carbons (Fsp3) is 0.833. The fourth-order valence-corrected chi connectivity index (χ4v) is 16.3. The van der Waals surface area contributed by atoms with E-state index in [4.69, 9.17) is 75.4 Å². The first kappa shape index (κ1) is 110. The third kappa shape index (κ3) is 35.7. The second-order valence-electron chi connectivity index (χ2n) is 32.4. The van der Waals surface area contributed by atoms with Gasteiger partial charge in [-0.2, -0.15) is 0 Å². The zero-order valence-electron chi connectivity index (χ0n) is 75.3. The van der Waals surface area contributed by atoms with Crippen LogP contribution in [0.15, 0.2) is 24.8 Å². The number of hydrogen-bond acceptors (Lipinski definition) is 44. The standard InChI is InChI=1S/C78H134N19O35P/c1-47(102)80-61-69(110)65(106)56(13-21-98)128-75(61)123-32-28-118-24-17-94-40-51(84-88-94)36-92(37-52-41-95(89-85-52)18-25-119-29-33-124-76-62(81-48(2)103)70(111)66(107)58(44-99)129-76)16-10-8-12-55(73(114)79-15-9-6-7-11-22-127-133(115,116)132-57-14-23-122-74(57)117-5)93(38-53-42-96(90-86-53)19-26-120-30-34-125-77-63(82-49(3)104)71(112)67(108)59(45-100)130-77)39-54-43-97(91-87-54)20-27-121-31-35-126-78-64(83-50(4)105)72(113)68(109)60(46-101)131-78/h40-43,55-72,74-78,98-101,106-113H,6-39,44-46H2,1-5H3,(H,79,114)(H,80,102)(H,81,103)(H,82,104)(H,83,105)(H,115,116)/t55-,56+,57?,58+,59+,60+,61+,62+,63+,64+,65-,66-,67-,68-,69+,70+,71+,72+,74-,75+,76+,77+,78+/m0/s1. The summed E-state index contributed by atoms with van der Waals surface area (Å²) in [6.07, 6.45) is -12.5. The number of unbranched alkanes of at least 4 members (excludes halogenated alkanes) is 4. The predicted octanol–water partition coefficient (Wildman–Crippen LogP) is -8.83. The van der Waals surface area contributed by atoms with Gasteiger partial charge in [0.2, 0.25) is 29.5 Å². The van der Waals surface area contributed by atoms with E-state index in [1.807, 2.05) is 4.90 Å². The van der Waals surface area contributed by atoms with Crippen molar-refractivity contribution in [2.75, 3.05) is 139 Å². The third-order valence-electron chi connectivity index (χ3n) is 22.0. The number of rotatable bonds is 63. The van der Waals surface area contributed by atoms with Gasteiger partial charge in [0.05, 0.1) is 173 Å². The normalized spacial score (nSPS) is 28.1. The van der Waals surface area contributed by atoms with Gasteiger partial charge in [-0.3, -0.25) is 42.8 Å². The first-order chi connectivity index (χ1) is 64.0. The summed E-state index contributed by atoms with van der Waals surface area (Å²) in [6.45, 7) is 5.16.